The summed E-state index contributed by atoms with van der Waals surface area (Å²) in [5, 5.41) is -1.46. The summed E-state index contributed by atoms with van der Waals surface area (Å²) in [7, 11) is -3.57. The molecule has 1 saturated carbocycles. The molecule has 3 nitrogen and oxygen atoms in total. The Morgan fingerprint density at radius 3 is 2.25 bits per heavy atom. The molecule has 3 rings (SSSR count). The van der Waals surface area contributed by atoms with E-state index >= 15 is 0 Å². The van der Waals surface area contributed by atoms with Crippen molar-refractivity contribution in [2.75, 3.05) is 0 Å². The Labute approximate surface area is 146 Å². The molecule has 2 atom stereocenters. The zero-order valence-electron chi connectivity index (χ0n) is 14.7. The third-order valence-electron chi connectivity index (χ3n) is 4.40. The summed E-state index contributed by atoms with van der Waals surface area (Å²) in [5.41, 5.74) is 1.80. The van der Waals surface area contributed by atoms with Crippen LogP contribution in [0.15, 0.2) is 60.7 Å². The number of ether oxygens (including phenoxy) is 1. The molecule has 1 fully saturated rings. The van der Waals surface area contributed by atoms with Crippen LogP contribution in [0.5, 0.6) is 0 Å². The molecular formula is C20H24O3S. The number of sulfone groups is 1. The van der Waals surface area contributed by atoms with Crippen molar-refractivity contribution < 1.29 is 14.5 Å². The van der Waals surface area contributed by atoms with Crippen molar-refractivity contribution in [1.29, 1.82) is 0 Å². The molecule has 2 aromatic carbocycles. The molecule has 0 N–H and O–H groups in total. The largest absolute Gasteiger partial charge is 0.373 e. The maximum atomic E-state index is 12.9. The van der Waals surface area contributed by atoms with E-state index in [-0.39, 0.29) is 18.3 Å². The second kappa shape index (κ2) is 7.95. The molecule has 0 amide bonds. The fourth-order valence-corrected chi connectivity index (χ4v) is 4.82. The molecule has 128 valence electrons. The van der Waals surface area contributed by atoms with Gasteiger partial charge in [-0.25, -0.2) is 8.42 Å². The van der Waals surface area contributed by atoms with E-state index in [4.69, 9.17) is 6.11 Å². The highest BCUT2D eigenvalue weighted by atomic mass is 32.2. The van der Waals surface area contributed by atoms with E-state index in [1.807, 2.05) is 48.5 Å². The second-order valence-electron chi connectivity index (χ2n) is 6.30. The molecule has 4 heteroatoms. The average molecular weight is 345 g/mol. The Balaban J connectivity index is 1.66. The quantitative estimate of drug-likeness (QED) is 0.790. The van der Waals surface area contributed by atoms with E-state index in [0.29, 0.717) is 19.4 Å². The Kier molecular flexibility index (Phi) is 5.25. The molecular weight excluding hydrogens is 320 g/mol. The minimum Gasteiger partial charge on any atom is -0.373 e. The highest BCUT2D eigenvalue weighted by Crippen LogP contribution is 2.28. The Hall–Kier alpha value is -1.65. The third-order valence-corrected chi connectivity index (χ3v) is 6.37. The summed E-state index contributed by atoms with van der Waals surface area (Å²) in [6, 6.07) is 19.0. The molecule has 0 aliphatic heterocycles. The van der Waals surface area contributed by atoms with Crippen LogP contribution < -0.4 is 0 Å². The molecule has 2 aromatic rings. The van der Waals surface area contributed by atoms with Gasteiger partial charge in [0.1, 0.15) is 0 Å². The first-order valence-electron chi connectivity index (χ1n) is 8.90. The van der Waals surface area contributed by atoms with Crippen LogP contribution in [0.4, 0.5) is 0 Å². The Bertz CT molecular complexity index is 777. The second-order valence-corrected chi connectivity index (χ2v) is 8.39. The van der Waals surface area contributed by atoms with Gasteiger partial charge in [0.25, 0.3) is 0 Å². The summed E-state index contributed by atoms with van der Waals surface area (Å²) >= 11 is 0. The van der Waals surface area contributed by atoms with E-state index in [1.54, 1.807) is 12.1 Å². The maximum absolute atomic E-state index is 12.9. The van der Waals surface area contributed by atoms with Crippen LogP contribution in [0.3, 0.4) is 0 Å². The lowest BCUT2D eigenvalue weighted by molar-refractivity contribution is 0.0177. The summed E-state index contributed by atoms with van der Waals surface area (Å²) in [4.78, 5) is 0. The summed E-state index contributed by atoms with van der Waals surface area (Å²) in [6.45, 7) is 0.459. The zero-order valence-corrected chi connectivity index (χ0v) is 14.5. The first-order valence-corrected chi connectivity index (χ1v) is 10.1. The fourth-order valence-electron chi connectivity index (χ4n) is 3.09. The first-order chi connectivity index (χ1) is 12.0. The van der Waals surface area contributed by atoms with Crippen molar-refractivity contribution in [3.05, 3.63) is 71.8 Å². The molecule has 1 aliphatic rings. The molecule has 0 aromatic heterocycles. The van der Waals surface area contributed by atoms with Crippen LogP contribution in [0, 0.1) is 0 Å². The standard InChI is InChI=1S/C20H24O3S/c21-24(22,16-18-10-5-2-6-11-18)20-13-7-12-19(14-20)23-15-17-8-3-1-4-9-17/h1-6,8-11,19-20H,7,12-16H2/t19-,20-/m0/s1/i20D. The molecule has 24 heavy (non-hydrogen) atoms. The van der Waals surface area contributed by atoms with Crippen LogP contribution in [0.25, 0.3) is 0 Å². The fraction of sp³-hybridized carbons (Fsp3) is 0.400. The number of hydrogen-bond acceptors (Lipinski definition) is 3. The van der Waals surface area contributed by atoms with E-state index in [0.717, 1.165) is 17.5 Å². The van der Waals surface area contributed by atoms with Crippen LogP contribution in [-0.2, 0) is 26.9 Å². The van der Waals surface area contributed by atoms with Gasteiger partial charge in [-0.3, -0.25) is 0 Å². The predicted octanol–water partition coefficient (Wildman–Crippen LogP) is 4.13. The molecule has 0 unspecified atom stereocenters. The van der Waals surface area contributed by atoms with Crippen molar-refractivity contribution in [2.24, 2.45) is 0 Å². The van der Waals surface area contributed by atoms with Crippen LogP contribution in [0.1, 0.15) is 38.2 Å². The molecule has 0 radical (unpaired) electrons. The Morgan fingerprint density at radius 2 is 1.58 bits per heavy atom. The van der Waals surface area contributed by atoms with Crippen molar-refractivity contribution in [2.45, 2.75) is 49.4 Å². The van der Waals surface area contributed by atoms with Gasteiger partial charge in [-0.2, -0.15) is 0 Å². The maximum Gasteiger partial charge on any atom is 0.157 e. The zero-order chi connectivity index (χ0) is 17.8. The third kappa shape index (κ3) is 4.68. The molecule has 0 bridgehead atoms. The monoisotopic (exact) mass is 345 g/mol. The smallest absolute Gasteiger partial charge is 0.157 e. The first kappa shape index (κ1) is 15.9. The van der Waals surface area contributed by atoms with Crippen molar-refractivity contribution in [1.82, 2.24) is 0 Å². The molecule has 1 aliphatic carbocycles. The van der Waals surface area contributed by atoms with Gasteiger partial charge in [0, 0.05) is 1.37 Å². The summed E-state index contributed by atoms with van der Waals surface area (Å²) < 4.78 is 40.3. The van der Waals surface area contributed by atoms with Gasteiger partial charge in [0.15, 0.2) is 9.84 Å². The lowest BCUT2D eigenvalue weighted by atomic mass is 9.97. The Morgan fingerprint density at radius 1 is 0.958 bits per heavy atom. The van der Waals surface area contributed by atoms with Gasteiger partial charge in [-0.15, -0.1) is 0 Å². The minimum absolute atomic E-state index is 0.0806. The molecule has 0 saturated heterocycles. The van der Waals surface area contributed by atoms with Crippen LogP contribution in [-0.4, -0.2) is 19.7 Å². The summed E-state index contributed by atoms with van der Waals surface area (Å²) in [6.07, 6.45) is 1.96. The molecule has 0 heterocycles. The highest BCUT2D eigenvalue weighted by molar-refractivity contribution is 7.91. The van der Waals surface area contributed by atoms with Gasteiger partial charge in [0.05, 0.1) is 23.7 Å². The van der Waals surface area contributed by atoms with E-state index in [2.05, 4.69) is 0 Å². The van der Waals surface area contributed by atoms with Gasteiger partial charge >= 0.3 is 0 Å². The van der Waals surface area contributed by atoms with Crippen LogP contribution >= 0.6 is 0 Å². The predicted molar refractivity (Wildman–Crippen MR) is 96.3 cm³/mol. The van der Waals surface area contributed by atoms with Gasteiger partial charge in [-0.1, -0.05) is 60.7 Å². The van der Waals surface area contributed by atoms with Gasteiger partial charge in [-0.05, 0) is 36.8 Å². The van der Waals surface area contributed by atoms with E-state index in [9.17, 15) is 8.42 Å². The topological polar surface area (TPSA) is 43.4 Å². The summed E-state index contributed by atoms with van der Waals surface area (Å²) in [5.74, 6) is -0.0806. The van der Waals surface area contributed by atoms with Crippen molar-refractivity contribution in [3.63, 3.8) is 0 Å². The minimum atomic E-state index is -3.57. The highest BCUT2D eigenvalue weighted by Gasteiger charge is 2.32. The lowest BCUT2D eigenvalue weighted by Crippen LogP contribution is -2.33. The van der Waals surface area contributed by atoms with E-state index < -0.39 is 15.1 Å². The number of rotatable bonds is 6. The number of hydrogen-bond donors (Lipinski definition) is 0. The van der Waals surface area contributed by atoms with Crippen LogP contribution in [0.2, 0.25) is 0 Å². The average Bonchev–Trinajstić information content (AvgIpc) is 2.61. The van der Waals surface area contributed by atoms with Gasteiger partial charge in [0.2, 0.25) is 0 Å². The normalized spacial score (nSPS) is 25.2. The van der Waals surface area contributed by atoms with Crippen molar-refractivity contribution in [3.8, 4) is 0 Å². The molecule has 0 spiro atoms. The van der Waals surface area contributed by atoms with Gasteiger partial charge < -0.3 is 4.74 Å². The SMILES string of the molecule is [2H][C@]1(S(=O)(=O)Cc2ccccc2)CCC[C@H](OCc2ccccc2)C1. The lowest BCUT2D eigenvalue weighted by Gasteiger charge is -2.29. The van der Waals surface area contributed by atoms with Crippen molar-refractivity contribution >= 4 is 9.84 Å². The number of benzene rings is 2. The van der Waals surface area contributed by atoms with E-state index in [1.165, 1.54) is 0 Å².